The third-order valence-corrected chi connectivity index (χ3v) is 9.59. The molecule has 0 heterocycles. The van der Waals surface area contributed by atoms with Gasteiger partial charge in [0.1, 0.15) is 30.5 Å². The Hall–Kier alpha value is -2.19. The summed E-state index contributed by atoms with van der Waals surface area (Å²) >= 11 is 0. The lowest BCUT2D eigenvalue weighted by atomic mass is 10.1. The van der Waals surface area contributed by atoms with Gasteiger partial charge < -0.3 is 91.9 Å². The van der Waals surface area contributed by atoms with Gasteiger partial charge >= 0.3 is 17.9 Å². The van der Waals surface area contributed by atoms with Crippen LogP contribution in [-0.2, 0) is 14.4 Å². The van der Waals surface area contributed by atoms with Gasteiger partial charge in [-0.1, -0.05) is 175 Å². The van der Waals surface area contributed by atoms with Gasteiger partial charge in [0, 0.05) is 19.3 Å². The SMILES string of the molecule is CCCCCCCCCCCC(=O)O.CCCCCCCCCCCC(=O)O.CCCCCCCCCCCC(=O)O.OCC(O)CO.OCC(O)CO.OCC(O)CO.OCC(O)CO.OCC(O)CO. The molecule has 0 aromatic carbocycles. The Kier molecular flexibility index (Phi) is 99.5. The van der Waals surface area contributed by atoms with Crippen LogP contribution in [0.2, 0.25) is 0 Å². The van der Waals surface area contributed by atoms with Crippen LogP contribution < -0.4 is 0 Å². The summed E-state index contributed by atoms with van der Waals surface area (Å²) in [4.78, 5) is 30.6. The number of carbonyl (C=O) groups is 3. The van der Waals surface area contributed by atoms with Gasteiger partial charge in [0.2, 0.25) is 0 Å². The van der Waals surface area contributed by atoms with E-state index in [1.807, 2.05) is 0 Å². The summed E-state index contributed by atoms with van der Waals surface area (Å²) in [5.74, 6) is -1.98. The zero-order valence-electron chi connectivity index (χ0n) is 44.9. The maximum Gasteiger partial charge on any atom is 0.303 e. The molecule has 21 nitrogen and oxygen atoms in total. The average molecular weight is 1060 g/mol. The van der Waals surface area contributed by atoms with Crippen LogP contribution in [-0.4, -0.2) is 206 Å². The van der Waals surface area contributed by atoms with Crippen molar-refractivity contribution in [2.24, 2.45) is 0 Å². The molecular weight excluding hydrogens is 949 g/mol. The van der Waals surface area contributed by atoms with Crippen molar-refractivity contribution >= 4 is 17.9 Å². The minimum absolute atomic E-state index is 0.343. The number of aliphatic hydroxyl groups is 15. The van der Waals surface area contributed by atoms with E-state index < -0.39 is 48.4 Å². The lowest BCUT2D eigenvalue weighted by molar-refractivity contribution is -0.138. The first-order valence-corrected chi connectivity index (χ1v) is 26.5. The summed E-state index contributed by atoms with van der Waals surface area (Å²) in [5, 5.41) is 145. The van der Waals surface area contributed by atoms with Crippen LogP contribution in [0.1, 0.15) is 213 Å². The molecular formula is C51H112O21. The minimum atomic E-state index is -0.954. The topological polar surface area (TPSA) is 415 Å². The van der Waals surface area contributed by atoms with E-state index in [-0.39, 0.29) is 66.1 Å². The molecule has 18 N–H and O–H groups in total. The standard InChI is InChI=1S/3C12H24O2.5C3H8O3/c3*1-2-3-4-5-6-7-8-9-10-11-12(13)14;5*4-1-3(6)2-5/h3*2-11H2,1H3,(H,13,14);5*3-6H,1-2H2. The highest BCUT2D eigenvalue weighted by atomic mass is 16.4. The van der Waals surface area contributed by atoms with Gasteiger partial charge in [0.25, 0.3) is 0 Å². The Morgan fingerprint density at radius 1 is 0.236 bits per heavy atom. The predicted octanol–water partition coefficient (Wildman–Crippen LogP) is 3.64. The Bertz CT molecular complexity index is 800. The van der Waals surface area contributed by atoms with Crippen LogP contribution in [0, 0.1) is 0 Å². The highest BCUT2D eigenvalue weighted by molar-refractivity contribution is 5.67. The lowest BCUT2D eigenvalue weighted by Gasteiger charge is -2.00. The summed E-state index contributed by atoms with van der Waals surface area (Å²) in [6.07, 6.45) is 29.7. The van der Waals surface area contributed by atoms with Crippen LogP contribution in [0.15, 0.2) is 0 Å². The molecule has 0 aromatic rings. The third kappa shape index (κ3) is 117. The van der Waals surface area contributed by atoms with Crippen LogP contribution in [0.5, 0.6) is 0 Å². The van der Waals surface area contributed by atoms with E-state index in [0.717, 1.165) is 38.5 Å². The number of aliphatic hydroxyl groups excluding tert-OH is 15. The van der Waals surface area contributed by atoms with Crippen molar-refractivity contribution < 1.29 is 106 Å². The van der Waals surface area contributed by atoms with E-state index in [4.69, 9.17) is 91.9 Å². The zero-order valence-corrected chi connectivity index (χ0v) is 44.9. The average Bonchev–Trinajstić information content (AvgIpc) is 3.39. The molecule has 0 bridgehead atoms. The number of unbranched alkanes of at least 4 members (excludes halogenated alkanes) is 24. The van der Waals surface area contributed by atoms with Crippen molar-refractivity contribution in [1.82, 2.24) is 0 Å². The quantitative estimate of drug-likeness (QED) is 0.0389. The van der Waals surface area contributed by atoms with Crippen LogP contribution in [0.25, 0.3) is 0 Å². The first-order chi connectivity index (χ1) is 34.4. The molecule has 0 saturated heterocycles. The first kappa shape index (κ1) is 86.5. The fraction of sp³-hybridized carbons (Fsp3) is 0.941. The van der Waals surface area contributed by atoms with E-state index in [1.165, 1.54) is 135 Å². The fourth-order valence-corrected chi connectivity index (χ4v) is 5.05. The van der Waals surface area contributed by atoms with E-state index >= 15 is 0 Å². The maximum absolute atomic E-state index is 10.2. The number of hydrogen-bond donors (Lipinski definition) is 18. The molecule has 0 spiro atoms. The molecule has 0 aliphatic rings. The van der Waals surface area contributed by atoms with E-state index in [0.29, 0.717) is 19.3 Å². The van der Waals surface area contributed by atoms with Gasteiger partial charge in [-0.25, -0.2) is 0 Å². The molecule has 0 saturated carbocycles. The zero-order chi connectivity index (χ0) is 56.9. The molecule has 72 heavy (non-hydrogen) atoms. The molecule has 442 valence electrons. The summed E-state index contributed by atoms with van der Waals surface area (Å²) in [6.45, 7) is 3.04. The Morgan fingerprint density at radius 3 is 0.431 bits per heavy atom. The van der Waals surface area contributed by atoms with Crippen LogP contribution in [0.3, 0.4) is 0 Å². The Balaban J connectivity index is -0.000000112. The second-order valence-electron chi connectivity index (χ2n) is 17.0. The monoisotopic (exact) mass is 1060 g/mol. The number of carboxylic acid groups (broad SMARTS) is 3. The van der Waals surface area contributed by atoms with Crippen molar-refractivity contribution in [2.75, 3.05) is 66.1 Å². The van der Waals surface area contributed by atoms with Gasteiger partial charge in [-0.3, -0.25) is 14.4 Å². The molecule has 0 rings (SSSR count). The van der Waals surface area contributed by atoms with E-state index in [9.17, 15) is 14.4 Å². The van der Waals surface area contributed by atoms with Crippen molar-refractivity contribution in [2.45, 2.75) is 244 Å². The van der Waals surface area contributed by atoms with Gasteiger partial charge in [0.05, 0.1) is 66.1 Å². The lowest BCUT2D eigenvalue weighted by Crippen LogP contribution is -2.15. The molecule has 21 heteroatoms. The van der Waals surface area contributed by atoms with Crippen LogP contribution >= 0.6 is 0 Å². The van der Waals surface area contributed by atoms with E-state index in [2.05, 4.69) is 20.8 Å². The predicted molar refractivity (Wildman–Crippen MR) is 279 cm³/mol. The molecule has 0 fully saturated rings. The number of rotatable bonds is 40. The first-order valence-electron chi connectivity index (χ1n) is 26.5. The van der Waals surface area contributed by atoms with Gasteiger partial charge in [0.15, 0.2) is 0 Å². The highest BCUT2D eigenvalue weighted by Gasteiger charge is 2.00. The molecule has 0 amide bonds. The smallest absolute Gasteiger partial charge is 0.303 e. The molecule has 0 aliphatic carbocycles. The second kappa shape index (κ2) is 82.8. The van der Waals surface area contributed by atoms with Gasteiger partial charge in [-0.05, 0) is 19.3 Å². The normalized spacial score (nSPS) is 10.2. The number of carboxylic acids is 3. The molecule has 0 aliphatic heterocycles. The minimum Gasteiger partial charge on any atom is -0.481 e. The number of aliphatic carboxylic acids is 3. The summed E-state index contributed by atoms with van der Waals surface area (Å²) in [5.41, 5.74) is 0. The van der Waals surface area contributed by atoms with Gasteiger partial charge in [-0.2, -0.15) is 0 Å². The van der Waals surface area contributed by atoms with Crippen molar-refractivity contribution in [1.29, 1.82) is 0 Å². The van der Waals surface area contributed by atoms with E-state index in [1.54, 1.807) is 0 Å². The molecule has 0 atom stereocenters. The van der Waals surface area contributed by atoms with Crippen molar-refractivity contribution in [3.8, 4) is 0 Å². The third-order valence-electron chi connectivity index (χ3n) is 9.59. The largest absolute Gasteiger partial charge is 0.481 e. The van der Waals surface area contributed by atoms with Crippen molar-refractivity contribution in [3.63, 3.8) is 0 Å². The summed E-state index contributed by atoms with van der Waals surface area (Å²) in [6, 6.07) is 0. The Labute approximate surface area is 433 Å². The summed E-state index contributed by atoms with van der Waals surface area (Å²) in [7, 11) is 0. The van der Waals surface area contributed by atoms with Gasteiger partial charge in [-0.15, -0.1) is 0 Å². The maximum atomic E-state index is 10.2. The number of hydrogen-bond acceptors (Lipinski definition) is 18. The highest BCUT2D eigenvalue weighted by Crippen LogP contribution is 2.12. The molecule has 0 unspecified atom stereocenters. The molecule has 0 aromatic heterocycles. The second-order valence-corrected chi connectivity index (χ2v) is 17.0. The Morgan fingerprint density at radius 2 is 0.347 bits per heavy atom. The molecule has 0 radical (unpaired) electrons. The fourth-order valence-electron chi connectivity index (χ4n) is 5.05. The van der Waals surface area contributed by atoms with Crippen molar-refractivity contribution in [3.05, 3.63) is 0 Å². The van der Waals surface area contributed by atoms with Crippen LogP contribution in [0.4, 0.5) is 0 Å². The summed E-state index contributed by atoms with van der Waals surface area (Å²) < 4.78 is 0.